The Bertz CT molecular complexity index is 508. The first-order valence-corrected chi connectivity index (χ1v) is 5.54. The first-order chi connectivity index (χ1) is 8.79. The van der Waals surface area contributed by atoms with E-state index in [1.807, 2.05) is 0 Å². The fourth-order valence-electron chi connectivity index (χ4n) is 1.59. The Balaban J connectivity index is 2.65. The summed E-state index contributed by atoms with van der Waals surface area (Å²) < 4.78 is 1.42. The summed E-state index contributed by atoms with van der Waals surface area (Å²) in [4.78, 5) is 32.9. The lowest BCUT2D eigenvalue weighted by atomic mass is 10.2. The number of aromatic nitrogens is 2. The highest BCUT2D eigenvalue weighted by atomic mass is 16.4. The minimum atomic E-state index is -1.44. The maximum absolute atomic E-state index is 11.6. The molecule has 0 fully saturated rings. The van der Waals surface area contributed by atoms with Crippen molar-refractivity contribution in [2.45, 2.75) is 32.9 Å². The predicted octanol–water partition coefficient (Wildman–Crippen LogP) is -0.456. The van der Waals surface area contributed by atoms with E-state index in [2.05, 4.69) is 10.4 Å². The topological polar surface area (TPSA) is 122 Å². The Morgan fingerprint density at radius 2 is 2.00 bits per heavy atom. The summed E-state index contributed by atoms with van der Waals surface area (Å²) in [6.07, 6.45) is -0.668. The number of hydrogen-bond acceptors (Lipinski definition) is 4. The third-order valence-electron chi connectivity index (χ3n) is 2.41. The molecular formula is C11H15N3O5. The van der Waals surface area contributed by atoms with Gasteiger partial charge in [0.2, 0.25) is 5.91 Å². The lowest BCUT2D eigenvalue weighted by Gasteiger charge is -2.12. The molecule has 19 heavy (non-hydrogen) atoms. The van der Waals surface area contributed by atoms with Crippen molar-refractivity contribution in [3.05, 3.63) is 17.5 Å². The molecule has 1 aromatic heterocycles. The van der Waals surface area contributed by atoms with Crippen LogP contribution in [0, 0.1) is 13.8 Å². The van der Waals surface area contributed by atoms with Gasteiger partial charge in [0.15, 0.2) is 0 Å². The lowest BCUT2D eigenvalue weighted by Crippen LogP contribution is -2.43. The Hall–Kier alpha value is -2.38. The monoisotopic (exact) mass is 269 g/mol. The number of carbonyl (C=O) groups is 3. The molecule has 8 nitrogen and oxygen atoms in total. The second-order valence-electron chi connectivity index (χ2n) is 4.14. The number of hydrogen-bond donors (Lipinski definition) is 3. The second kappa shape index (κ2) is 5.98. The van der Waals surface area contributed by atoms with Gasteiger partial charge in [-0.05, 0) is 19.9 Å². The SMILES string of the molecule is Cc1cc(C)n(CC(=O)N[C@H](CC(=O)O)C(=O)O)n1. The van der Waals surface area contributed by atoms with Gasteiger partial charge in [-0.25, -0.2) is 4.79 Å². The summed E-state index contributed by atoms with van der Waals surface area (Å²) in [6.45, 7) is 3.38. The van der Waals surface area contributed by atoms with E-state index in [0.717, 1.165) is 11.4 Å². The summed E-state index contributed by atoms with van der Waals surface area (Å²) in [7, 11) is 0. The van der Waals surface area contributed by atoms with Crippen LogP contribution in [0.4, 0.5) is 0 Å². The zero-order valence-electron chi connectivity index (χ0n) is 10.6. The number of aryl methyl sites for hydroxylation is 2. The second-order valence-corrected chi connectivity index (χ2v) is 4.14. The molecule has 104 valence electrons. The number of carboxylic acids is 2. The van der Waals surface area contributed by atoms with Crippen LogP contribution in [-0.4, -0.2) is 43.9 Å². The zero-order chi connectivity index (χ0) is 14.6. The van der Waals surface area contributed by atoms with E-state index in [9.17, 15) is 14.4 Å². The van der Waals surface area contributed by atoms with E-state index in [4.69, 9.17) is 10.2 Å². The quantitative estimate of drug-likeness (QED) is 0.642. The van der Waals surface area contributed by atoms with E-state index in [-0.39, 0.29) is 6.54 Å². The van der Waals surface area contributed by atoms with Crippen LogP contribution in [-0.2, 0) is 20.9 Å². The first kappa shape index (κ1) is 14.7. The molecule has 0 saturated carbocycles. The lowest BCUT2D eigenvalue weighted by molar-refractivity contribution is -0.147. The molecule has 8 heteroatoms. The Morgan fingerprint density at radius 3 is 2.42 bits per heavy atom. The first-order valence-electron chi connectivity index (χ1n) is 5.54. The van der Waals surface area contributed by atoms with Crippen LogP contribution < -0.4 is 5.32 Å². The molecule has 0 bridgehead atoms. The van der Waals surface area contributed by atoms with Crippen LogP contribution in [0.15, 0.2) is 6.07 Å². The van der Waals surface area contributed by atoms with Gasteiger partial charge in [-0.1, -0.05) is 0 Å². The number of carbonyl (C=O) groups excluding carboxylic acids is 1. The van der Waals surface area contributed by atoms with Crippen molar-refractivity contribution in [3.8, 4) is 0 Å². The van der Waals surface area contributed by atoms with Gasteiger partial charge in [0.25, 0.3) is 0 Å². The van der Waals surface area contributed by atoms with Gasteiger partial charge in [-0.3, -0.25) is 14.3 Å². The number of nitrogens with zero attached hydrogens (tertiary/aromatic N) is 2. The van der Waals surface area contributed by atoms with E-state index in [1.54, 1.807) is 19.9 Å². The minimum absolute atomic E-state index is 0.150. The van der Waals surface area contributed by atoms with Gasteiger partial charge < -0.3 is 15.5 Å². The normalized spacial score (nSPS) is 11.9. The fourth-order valence-corrected chi connectivity index (χ4v) is 1.59. The maximum Gasteiger partial charge on any atom is 0.326 e. The molecule has 0 spiro atoms. The average Bonchev–Trinajstić information content (AvgIpc) is 2.55. The van der Waals surface area contributed by atoms with Crippen molar-refractivity contribution >= 4 is 17.8 Å². The molecule has 0 aromatic carbocycles. The highest BCUT2D eigenvalue weighted by Crippen LogP contribution is 2.01. The predicted molar refractivity (Wildman–Crippen MR) is 63.5 cm³/mol. The van der Waals surface area contributed by atoms with Gasteiger partial charge in [-0.15, -0.1) is 0 Å². The maximum atomic E-state index is 11.6. The van der Waals surface area contributed by atoms with Crippen LogP contribution in [0.3, 0.4) is 0 Å². The molecule has 0 radical (unpaired) electrons. The summed E-state index contributed by atoms with van der Waals surface area (Å²) in [6, 6.07) is 0.334. The highest BCUT2D eigenvalue weighted by Gasteiger charge is 2.23. The van der Waals surface area contributed by atoms with Crippen molar-refractivity contribution < 1.29 is 24.6 Å². The Kier molecular flexibility index (Phi) is 4.62. The average molecular weight is 269 g/mol. The zero-order valence-corrected chi connectivity index (χ0v) is 10.6. The molecule has 0 aliphatic carbocycles. The van der Waals surface area contributed by atoms with E-state index >= 15 is 0 Å². The smallest absolute Gasteiger partial charge is 0.326 e. The van der Waals surface area contributed by atoms with Crippen molar-refractivity contribution in [2.24, 2.45) is 0 Å². The Labute approximate surface area is 109 Å². The summed E-state index contributed by atoms with van der Waals surface area (Å²) in [5.74, 6) is -3.28. The third-order valence-corrected chi connectivity index (χ3v) is 2.41. The van der Waals surface area contributed by atoms with Crippen molar-refractivity contribution in [3.63, 3.8) is 0 Å². The van der Waals surface area contributed by atoms with Gasteiger partial charge in [0, 0.05) is 5.69 Å². The molecule has 0 unspecified atom stereocenters. The number of rotatable bonds is 6. The van der Waals surface area contributed by atoms with E-state index in [0.29, 0.717) is 0 Å². The molecule has 0 aliphatic rings. The molecule has 1 amide bonds. The highest BCUT2D eigenvalue weighted by molar-refractivity contribution is 5.86. The van der Waals surface area contributed by atoms with Crippen molar-refractivity contribution in [1.29, 1.82) is 0 Å². The van der Waals surface area contributed by atoms with Crippen molar-refractivity contribution in [2.75, 3.05) is 0 Å². The molecule has 1 heterocycles. The largest absolute Gasteiger partial charge is 0.481 e. The summed E-state index contributed by atoms with van der Waals surface area (Å²) in [5.41, 5.74) is 1.50. The number of carboxylic acid groups (broad SMARTS) is 2. The van der Waals surface area contributed by atoms with E-state index < -0.39 is 30.3 Å². The van der Waals surface area contributed by atoms with Crippen LogP contribution in [0.2, 0.25) is 0 Å². The van der Waals surface area contributed by atoms with Gasteiger partial charge >= 0.3 is 11.9 Å². The van der Waals surface area contributed by atoms with Gasteiger partial charge in [0.05, 0.1) is 12.1 Å². The summed E-state index contributed by atoms with van der Waals surface area (Å²) >= 11 is 0. The van der Waals surface area contributed by atoms with Crippen LogP contribution in [0.1, 0.15) is 17.8 Å². The summed E-state index contributed by atoms with van der Waals surface area (Å²) in [5, 5.41) is 23.6. The number of nitrogens with one attached hydrogen (secondary N) is 1. The van der Waals surface area contributed by atoms with Crippen LogP contribution in [0.5, 0.6) is 0 Å². The van der Waals surface area contributed by atoms with Crippen LogP contribution in [0.25, 0.3) is 0 Å². The number of aliphatic carboxylic acids is 2. The molecule has 1 aromatic rings. The van der Waals surface area contributed by atoms with Crippen molar-refractivity contribution in [1.82, 2.24) is 15.1 Å². The number of amides is 1. The standard InChI is InChI=1S/C11H15N3O5/c1-6-3-7(2)14(13-6)5-9(15)12-8(11(18)19)4-10(16)17/h3,8H,4-5H2,1-2H3,(H,12,15)(H,16,17)(H,18,19)/t8-/m1/s1. The molecule has 1 rings (SSSR count). The molecule has 1 atom stereocenters. The molecule has 0 saturated heterocycles. The molecule has 3 N–H and O–H groups in total. The fraction of sp³-hybridized carbons (Fsp3) is 0.455. The van der Waals surface area contributed by atoms with Gasteiger partial charge in [-0.2, -0.15) is 5.10 Å². The molecular weight excluding hydrogens is 254 g/mol. The Morgan fingerprint density at radius 1 is 1.37 bits per heavy atom. The van der Waals surface area contributed by atoms with Gasteiger partial charge in [0.1, 0.15) is 12.6 Å². The van der Waals surface area contributed by atoms with Crippen LogP contribution >= 0.6 is 0 Å². The molecule has 0 aliphatic heterocycles. The third kappa shape index (κ3) is 4.41. The minimum Gasteiger partial charge on any atom is -0.481 e. The van der Waals surface area contributed by atoms with E-state index in [1.165, 1.54) is 4.68 Å².